The van der Waals surface area contributed by atoms with Crippen molar-refractivity contribution >= 4 is 6.03 Å². The minimum atomic E-state index is -0.833. The lowest BCUT2D eigenvalue weighted by Gasteiger charge is -1.73. The van der Waals surface area contributed by atoms with Crippen LogP contribution >= 0.6 is 0 Å². The fourth-order valence-corrected chi connectivity index (χ4v) is 0.390. The molecule has 4 nitrogen and oxygen atoms in total. The Morgan fingerprint density at radius 3 is 2.30 bits per heavy atom. The Labute approximate surface area is 59.8 Å². The van der Waals surface area contributed by atoms with E-state index in [4.69, 9.17) is 9.53 Å². The lowest BCUT2D eigenvalue weighted by atomic mass is 10.3. The minimum absolute atomic E-state index is 0.530. The number of carbonyl (C=O) groups is 1. The van der Waals surface area contributed by atoms with Crippen molar-refractivity contribution in [3.8, 4) is 0 Å². The molecule has 1 unspecified atom stereocenters. The van der Waals surface area contributed by atoms with E-state index in [1.54, 1.807) is 0 Å². The van der Waals surface area contributed by atoms with E-state index in [0.717, 1.165) is 13.0 Å². The first-order chi connectivity index (χ1) is 4.66. The quantitative estimate of drug-likeness (QED) is 0.422. The van der Waals surface area contributed by atoms with Gasteiger partial charge in [0.25, 0.3) is 0 Å². The summed E-state index contributed by atoms with van der Waals surface area (Å²) in [5.41, 5.74) is 8.50. The highest BCUT2D eigenvalue weighted by atomic mass is 16.6. The summed E-state index contributed by atoms with van der Waals surface area (Å²) in [6, 6.07) is -0.833. The number of hydrogen-bond acceptors (Lipinski definition) is 2. The predicted octanol–water partition coefficient (Wildman–Crippen LogP) is -0.0149. The van der Waals surface area contributed by atoms with Gasteiger partial charge in [-0.3, -0.25) is 0 Å². The standard InChI is InChI=1S/C5H8O.CH4N2O/c1-2-3-5-4-6-5;2-1(3)4/h2,5H,1,3-4H2;(H4,2,3,4). The monoisotopic (exact) mass is 144 g/mol. The number of urea groups is 1. The van der Waals surface area contributed by atoms with Crippen molar-refractivity contribution in [1.82, 2.24) is 0 Å². The van der Waals surface area contributed by atoms with E-state index in [0.29, 0.717) is 6.10 Å². The number of hydrogen-bond donors (Lipinski definition) is 2. The van der Waals surface area contributed by atoms with E-state index >= 15 is 0 Å². The number of epoxide rings is 1. The maximum absolute atomic E-state index is 9.00. The van der Waals surface area contributed by atoms with Crippen LogP contribution in [0.2, 0.25) is 0 Å². The minimum Gasteiger partial charge on any atom is -0.373 e. The number of carbonyl (C=O) groups excluding carboxylic acids is 1. The molecule has 4 N–H and O–H groups in total. The largest absolute Gasteiger partial charge is 0.373 e. The van der Waals surface area contributed by atoms with Gasteiger partial charge in [-0.1, -0.05) is 6.08 Å². The molecule has 2 amide bonds. The molecule has 1 heterocycles. The molecule has 0 aromatic rings. The molecule has 0 saturated carbocycles. The van der Waals surface area contributed by atoms with Crippen LogP contribution in [0, 0.1) is 0 Å². The average Bonchev–Trinajstić information content (AvgIpc) is 2.48. The molecular formula is C6H12N2O2. The van der Waals surface area contributed by atoms with Gasteiger partial charge in [0.05, 0.1) is 12.7 Å². The molecule has 4 heteroatoms. The first-order valence-electron chi connectivity index (χ1n) is 2.94. The Hall–Kier alpha value is -1.03. The Morgan fingerprint density at radius 1 is 1.80 bits per heavy atom. The van der Waals surface area contributed by atoms with Crippen LogP contribution in [-0.2, 0) is 4.74 Å². The molecule has 10 heavy (non-hydrogen) atoms. The summed E-state index contributed by atoms with van der Waals surface area (Å²) in [6.45, 7) is 4.51. The third-order valence-electron chi connectivity index (χ3n) is 0.832. The van der Waals surface area contributed by atoms with Crippen molar-refractivity contribution in [2.75, 3.05) is 6.61 Å². The van der Waals surface area contributed by atoms with Gasteiger partial charge in [0.15, 0.2) is 0 Å². The highest BCUT2D eigenvalue weighted by molar-refractivity contribution is 5.69. The molecule has 0 radical (unpaired) electrons. The van der Waals surface area contributed by atoms with Gasteiger partial charge in [0, 0.05) is 0 Å². The molecule has 0 bridgehead atoms. The van der Waals surface area contributed by atoms with Crippen molar-refractivity contribution in [1.29, 1.82) is 0 Å². The third-order valence-corrected chi connectivity index (χ3v) is 0.832. The van der Waals surface area contributed by atoms with Crippen LogP contribution in [0.4, 0.5) is 4.79 Å². The molecule has 1 aliphatic rings. The zero-order valence-electron chi connectivity index (χ0n) is 5.75. The molecule has 1 saturated heterocycles. The van der Waals surface area contributed by atoms with Gasteiger partial charge in [-0.25, -0.2) is 4.79 Å². The number of nitrogens with two attached hydrogens (primary N) is 2. The second kappa shape index (κ2) is 4.81. The average molecular weight is 144 g/mol. The van der Waals surface area contributed by atoms with Gasteiger partial charge in [-0.05, 0) is 6.42 Å². The van der Waals surface area contributed by atoms with Crippen LogP contribution < -0.4 is 11.5 Å². The first kappa shape index (κ1) is 8.97. The molecule has 0 aromatic heterocycles. The summed E-state index contributed by atoms with van der Waals surface area (Å²) < 4.78 is 4.88. The molecule has 0 aliphatic carbocycles. The van der Waals surface area contributed by atoms with Gasteiger partial charge < -0.3 is 16.2 Å². The van der Waals surface area contributed by atoms with Gasteiger partial charge >= 0.3 is 6.03 Å². The van der Waals surface area contributed by atoms with E-state index in [1.165, 1.54) is 0 Å². The molecule has 0 aromatic carbocycles. The maximum atomic E-state index is 9.00. The molecule has 58 valence electrons. The van der Waals surface area contributed by atoms with Gasteiger partial charge in [0.1, 0.15) is 0 Å². The smallest absolute Gasteiger partial charge is 0.309 e. The Bertz CT molecular complexity index is 117. The van der Waals surface area contributed by atoms with Gasteiger partial charge in [0.2, 0.25) is 0 Å². The van der Waals surface area contributed by atoms with E-state index in [9.17, 15) is 0 Å². The van der Waals surface area contributed by atoms with Crippen LogP contribution in [-0.4, -0.2) is 18.7 Å². The van der Waals surface area contributed by atoms with Gasteiger partial charge in [-0.15, -0.1) is 6.58 Å². The summed E-state index contributed by atoms with van der Waals surface area (Å²) in [4.78, 5) is 9.00. The predicted molar refractivity (Wildman–Crippen MR) is 38.3 cm³/mol. The number of rotatable bonds is 2. The van der Waals surface area contributed by atoms with E-state index < -0.39 is 6.03 Å². The SMILES string of the molecule is C=CCC1CO1.NC(N)=O. The zero-order valence-corrected chi connectivity index (χ0v) is 5.75. The van der Waals surface area contributed by atoms with Crippen molar-refractivity contribution in [2.24, 2.45) is 11.5 Å². The van der Waals surface area contributed by atoms with Crippen LogP contribution in [0.1, 0.15) is 6.42 Å². The van der Waals surface area contributed by atoms with E-state index in [2.05, 4.69) is 18.0 Å². The van der Waals surface area contributed by atoms with Crippen molar-refractivity contribution in [3.05, 3.63) is 12.7 Å². The van der Waals surface area contributed by atoms with Crippen LogP contribution in [0.3, 0.4) is 0 Å². The number of amides is 2. The molecule has 1 aliphatic heterocycles. The first-order valence-corrected chi connectivity index (χ1v) is 2.94. The second-order valence-electron chi connectivity index (χ2n) is 1.88. The summed E-state index contributed by atoms with van der Waals surface area (Å²) >= 11 is 0. The van der Waals surface area contributed by atoms with Gasteiger partial charge in [-0.2, -0.15) is 0 Å². The molecule has 1 atom stereocenters. The normalized spacial score (nSPS) is 20.2. The fraction of sp³-hybridized carbons (Fsp3) is 0.500. The van der Waals surface area contributed by atoms with Crippen LogP contribution in [0.5, 0.6) is 0 Å². The lowest BCUT2D eigenvalue weighted by molar-refractivity contribution is 0.256. The van der Waals surface area contributed by atoms with Crippen molar-refractivity contribution in [3.63, 3.8) is 0 Å². The molecular weight excluding hydrogens is 132 g/mol. The Kier molecular flexibility index (Phi) is 4.32. The van der Waals surface area contributed by atoms with Crippen molar-refractivity contribution < 1.29 is 9.53 Å². The summed E-state index contributed by atoms with van der Waals surface area (Å²) in [5.74, 6) is 0. The third kappa shape index (κ3) is 10.1. The Balaban J connectivity index is 0.000000180. The zero-order chi connectivity index (χ0) is 7.98. The number of ether oxygens (including phenoxy) is 1. The van der Waals surface area contributed by atoms with E-state index in [-0.39, 0.29) is 0 Å². The van der Waals surface area contributed by atoms with E-state index in [1.807, 2.05) is 6.08 Å². The highest BCUT2D eigenvalue weighted by Gasteiger charge is 2.19. The Morgan fingerprint density at radius 2 is 2.20 bits per heavy atom. The maximum Gasteiger partial charge on any atom is 0.309 e. The fourth-order valence-electron chi connectivity index (χ4n) is 0.390. The molecule has 1 rings (SSSR count). The molecule has 0 spiro atoms. The van der Waals surface area contributed by atoms with Crippen LogP contribution in [0.15, 0.2) is 12.7 Å². The topological polar surface area (TPSA) is 81.6 Å². The van der Waals surface area contributed by atoms with Crippen LogP contribution in [0.25, 0.3) is 0 Å². The molecule has 1 fully saturated rings. The second-order valence-corrected chi connectivity index (χ2v) is 1.88. The highest BCUT2D eigenvalue weighted by Crippen LogP contribution is 2.12. The van der Waals surface area contributed by atoms with Crippen molar-refractivity contribution in [2.45, 2.75) is 12.5 Å². The number of primary amides is 2. The summed E-state index contributed by atoms with van der Waals surface area (Å²) in [7, 11) is 0. The summed E-state index contributed by atoms with van der Waals surface area (Å²) in [5, 5.41) is 0. The summed E-state index contributed by atoms with van der Waals surface area (Å²) in [6.07, 6.45) is 3.44. The lowest BCUT2D eigenvalue weighted by Crippen LogP contribution is -2.18.